The molecule has 2 aliphatic rings. The average Bonchev–Trinajstić information content (AvgIpc) is 3.32. The van der Waals surface area contributed by atoms with E-state index in [1.807, 2.05) is 4.90 Å². The lowest BCUT2D eigenvalue weighted by atomic mass is 10.2. The van der Waals surface area contributed by atoms with Gasteiger partial charge in [-0.25, -0.2) is 17.8 Å². The van der Waals surface area contributed by atoms with Crippen molar-refractivity contribution in [2.24, 2.45) is 0 Å². The number of aromatic nitrogens is 2. The molecule has 0 saturated carbocycles. The second-order valence-electron chi connectivity index (χ2n) is 7.32. The highest BCUT2D eigenvalue weighted by molar-refractivity contribution is 7.99. The van der Waals surface area contributed by atoms with Gasteiger partial charge in [0.1, 0.15) is 5.82 Å². The number of thioether (sulfide) groups is 1. The monoisotopic (exact) mass is 438 g/mol. The standard InChI is InChI=1S/C19H23FN4O3S2/c20-15-2-1-3-16(12-15)24-6-5-21-19(24)28-13-18(25)23-9-7-22(8-10-23)17-4-11-29(26,27)14-17/h1-3,5-6,12,17H,4,7-11,13-14H2/t17-/m0/s1. The van der Waals surface area contributed by atoms with Gasteiger partial charge >= 0.3 is 0 Å². The van der Waals surface area contributed by atoms with Crippen LogP contribution in [0.15, 0.2) is 41.8 Å². The zero-order chi connectivity index (χ0) is 20.4. The number of nitrogens with zero attached hydrogens (tertiary/aromatic N) is 4. The Kier molecular flexibility index (Phi) is 5.93. The summed E-state index contributed by atoms with van der Waals surface area (Å²) in [5.74, 6) is 0.466. The molecule has 156 valence electrons. The van der Waals surface area contributed by atoms with Crippen LogP contribution >= 0.6 is 11.8 Å². The molecule has 0 radical (unpaired) electrons. The smallest absolute Gasteiger partial charge is 0.233 e. The number of carbonyl (C=O) groups excluding carboxylic acids is 1. The highest BCUT2D eigenvalue weighted by Crippen LogP contribution is 2.23. The van der Waals surface area contributed by atoms with Crippen molar-refractivity contribution in [3.63, 3.8) is 0 Å². The van der Waals surface area contributed by atoms with Gasteiger partial charge in [0, 0.05) is 44.6 Å². The van der Waals surface area contributed by atoms with E-state index in [1.165, 1.54) is 23.9 Å². The second-order valence-corrected chi connectivity index (χ2v) is 10.5. The van der Waals surface area contributed by atoms with Gasteiger partial charge in [-0.15, -0.1) is 0 Å². The van der Waals surface area contributed by atoms with Crippen molar-refractivity contribution in [3.8, 4) is 5.69 Å². The molecular formula is C19H23FN4O3S2. The number of rotatable bonds is 5. The number of sulfone groups is 1. The molecule has 1 aromatic heterocycles. The molecule has 2 fully saturated rings. The molecule has 3 heterocycles. The van der Waals surface area contributed by atoms with E-state index in [1.54, 1.807) is 29.1 Å². The van der Waals surface area contributed by atoms with Gasteiger partial charge in [-0.2, -0.15) is 0 Å². The molecule has 10 heteroatoms. The van der Waals surface area contributed by atoms with Crippen LogP contribution in [-0.2, 0) is 14.6 Å². The number of hydrogen-bond acceptors (Lipinski definition) is 6. The van der Waals surface area contributed by atoms with Crippen LogP contribution < -0.4 is 0 Å². The summed E-state index contributed by atoms with van der Waals surface area (Å²) < 4.78 is 38.6. The lowest BCUT2D eigenvalue weighted by molar-refractivity contribution is -0.130. The van der Waals surface area contributed by atoms with Crippen molar-refractivity contribution in [2.45, 2.75) is 17.6 Å². The highest BCUT2D eigenvalue weighted by Gasteiger charge is 2.34. The Morgan fingerprint density at radius 2 is 2.03 bits per heavy atom. The Morgan fingerprint density at radius 3 is 2.72 bits per heavy atom. The van der Waals surface area contributed by atoms with Crippen LogP contribution in [-0.4, -0.2) is 83.2 Å². The topological polar surface area (TPSA) is 75.5 Å². The summed E-state index contributed by atoms with van der Waals surface area (Å²) in [4.78, 5) is 20.9. The molecule has 1 amide bonds. The number of amides is 1. The molecule has 0 bridgehead atoms. The lowest BCUT2D eigenvalue weighted by Gasteiger charge is -2.37. The third kappa shape index (κ3) is 4.81. The minimum absolute atomic E-state index is 0.0301. The number of piperazine rings is 1. The van der Waals surface area contributed by atoms with Crippen molar-refractivity contribution in [2.75, 3.05) is 43.4 Å². The molecule has 2 saturated heterocycles. The van der Waals surface area contributed by atoms with Gasteiger partial charge < -0.3 is 4.90 Å². The minimum Gasteiger partial charge on any atom is -0.339 e. The molecule has 4 rings (SSSR count). The highest BCUT2D eigenvalue weighted by atomic mass is 32.2. The van der Waals surface area contributed by atoms with E-state index in [0.29, 0.717) is 43.4 Å². The second kappa shape index (κ2) is 8.45. The van der Waals surface area contributed by atoms with Gasteiger partial charge in [-0.1, -0.05) is 17.8 Å². The number of hydrogen-bond donors (Lipinski definition) is 0. The quantitative estimate of drug-likeness (QED) is 0.658. The normalized spacial score (nSPS) is 22.1. The molecule has 2 aliphatic heterocycles. The van der Waals surface area contributed by atoms with E-state index in [4.69, 9.17) is 0 Å². The van der Waals surface area contributed by atoms with Crippen LogP contribution in [0.5, 0.6) is 0 Å². The molecule has 1 aromatic carbocycles. The summed E-state index contributed by atoms with van der Waals surface area (Å²) in [5.41, 5.74) is 0.664. The maximum atomic E-state index is 13.5. The van der Waals surface area contributed by atoms with Crippen LogP contribution in [0.3, 0.4) is 0 Å². The van der Waals surface area contributed by atoms with Gasteiger partial charge in [-0.05, 0) is 24.6 Å². The first-order valence-electron chi connectivity index (χ1n) is 9.56. The maximum absolute atomic E-state index is 13.5. The van der Waals surface area contributed by atoms with Crippen molar-refractivity contribution >= 4 is 27.5 Å². The van der Waals surface area contributed by atoms with E-state index in [-0.39, 0.29) is 35.0 Å². The Labute approximate surface area is 173 Å². The fraction of sp³-hybridized carbons (Fsp3) is 0.474. The molecule has 7 nitrogen and oxygen atoms in total. The van der Waals surface area contributed by atoms with Gasteiger partial charge in [0.05, 0.1) is 22.9 Å². The van der Waals surface area contributed by atoms with E-state index < -0.39 is 9.84 Å². The van der Waals surface area contributed by atoms with Crippen molar-refractivity contribution in [3.05, 3.63) is 42.5 Å². The molecule has 0 aliphatic carbocycles. The lowest BCUT2D eigenvalue weighted by Crippen LogP contribution is -2.52. The van der Waals surface area contributed by atoms with Gasteiger partial charge in [0.25, 0.3) is 0 Å². The largest absolute Gasteiger partial charge is 0.339 e. The first-order chi connectivity index (χ1) is 13.9. The van der Waals surface area contributed by atoms with Crippen molar-refractivity contribution in [1.82, 2.24) is 19.4 Å². The van der Waals surface area contributed by atoms with Gasteiger partial charge in [-0.3, -0.25) is 14.3 Å². The van der Waals surface area contributed by atoms with Gasteiger partial charge in [0.2, 0.25) is 5.91 Å². The fourth-order valence-corrected chi connectivity index (χ4v) is 6.47. The van der Waals surface area contributed by atoms with E-state index in [0.717, 1.165) is 0 Å². The van der Waals surface area contributed by atoms with Crippen LogP contribution in [0.1, 0.15) is 6.42 Å². The Bertz CT molecular complexity index is 987. The minimum atomic E-state index is -2.90. The third-order valence-electron chi connectivity index (χ3n) is 5.41. The number of imidazole rings is 1. The predicted octanol–water partition coefficient (Wildman–Crippen LogP) is 1.43. The van der Waals surface area contributed by atoms with Crippen LogP contribution in [0, 0.1) is 5.82 Å². The predicted molar refractivity (Wildman–Crippen MR) is 109 cm³/mol. The van der Waals surface area contributed by atoms with E-state index >= 15 is 0 Å². The Balaban J connectivity index is 1.30. The first-order valence-corrected chi connectivity index (χ1v) is 12.4. The number of carbonyl (C=O) groups is 1. The SMILES string of the molecule is O=C(CSc1nccn1-c1cccc(F)c1)N1CCN([C@H]2CCS(=O)(=O)C2)CC1. The zero-order valence-corrected chi connectivity index (χ0v) is 17.5. The van der Waals surface area contributed by atoms with Crippen molar-refractivity contribution in [1.29, 1.82) is 0 Å². The molecule has 0 unspecified atom stereocenters. The Morgan fingerprint density at radius 1 is 1.24 bits per heavy atom. The number of benzene rings is 1. The molecule has 1 atom stereocenters. The van der Waals surface area contributed by atoms with Crippen molar-refractivity contribution < 1.29 is 17.6 Å². The summed E-state index contributed by atoms with van der Waals surface area (Å²) in [5, 5.41) is 0.638. The van der Waals surface area contributed by atoms with E-state index in [9.17, 15) is 17.6 Å². The maximum Gasteiger partial charge on any atom is 0.233 e. The molecule has 2 aromatic rings. The average molecular weight is 439 g/mol. The van der Waals surface area contributed by atoms with Gasteiger partial charge in [0.15, 0.2) is 15.0 Å². The molecular weight excluding hydrogens is 415 g/mol. The summed E-state index contributed by atoms with van der Waals surface area (Å²) in [6.07, 6.45) is 4.07. The molecule has 0 N–H and O–H groups in total. The first kappa shape index (κ1) is 20.4. The summed E-state index contributed by atoms with van der Waals surface area (Å²) in [6, 6.07) is 6.33. The van der Waals surface area contributed by atoms with Crippen LogP contribution in [0.25, 0.3) is 5.69 Å². The number of halogens is 1. The Hall–Kier alpha value is -1.91. The summed E-state index contributed by atoms with van der Waals surface area (Å²) in [6.45, 7) is 2.62. The molecule has 0 spiro atoms. The third-order valence-corrected chi connectivity index (χ3v) is 8.11. The van der Waals surface area contributed by atoms with Crippen LogP contribution in [0.4, 0.5) is 4.39 Å². The van der Waals surface area contributed by atoms with E-state index in [2.05, 4.69) is 9.88 Å². The summed E-state index contributed by atoms with van der Waals surface area (Å²) in [7, 11) is -2.90. The summed E-state index contributed by atoms with van der Waals surface area (Å²) >= 11 is 1.33. The molecule has 29 heavy (non-hydrogen) atoms. The van der Waals surface area contributed by atoms with Crippen LogP contribution in [0.2, 0.25) is 0 Å². The fourth-order valence-electron chi connectivity index (χ4n) is 3.84. The zero-order valence-electron chi connectivity index (χ0n) is 15.9.